The third-order valence-corrected chi connectivity index (χ3v) is 5.25. The highest BCUT2D eigenvalue weighted by Crippen LogP contribution is 2.32. The molecule has 0 saturated carbocycles. The van der Waals surface area contributed by atoms with Gasteiger partial charge in [-0.25, -0.2) is 4.79 Å². The number of hydrogen-bond acceptors (Lipinski definition) is 5. The smallest absolute Gasteiger partial charge is 0.337 e. The number of carbonyl (C=O) groups is 1. The average molecular weight is 359 g/mol. The Morgan fingerprint density at radius 3 is 2.32 bits per heavy atom. The first kappa shape index (κ1) is 19.2. The maximum Gasteiger partial charge on any atom is 0.337 e. The zero-order valence-electron chi connectivity index (χ0n) is 15.0. The van der Waals surface area contributed by atoms with Crippen molar-refractivity contribution in [3.05, 3.63) is 60.2 Å². The molecule has 1 atom stereocenters. The summed E-state index contributed by atoms with van der Waals surface area (Å²) >= 11 is 1.74. The molecule has 0 spiro atoms. The van der Waals surface area contributed by atoms with Crippen LogP contribution >= 0.6 is 11.8 Å². The van der Waals surface area contributed by atoms with E-state index in [-0.39, 0.29) is 5.97 Å². The molecule has 2 aromatic rings. The second-order valence-corrected chi connectivity index (χ2v) is 6.77. The predicted octanol–water partition coefficient (Wildman–Crippen LogP) is 4.32. The zero-order chi connectivity index (χ0) is 18.1. The number of methoxy groups -OCH3 is 2. The molecule has 0 aliphatic rings. The summed E-state index contributed by atoms with van der Waals surface area (Å²) in [6.07, 6.45) is 1.05. The quantitative estimate of drug-likeness (QED) is 0.534. The molecule has 0 aromatic heterocycles. The average Bonchev–Trinajstić information content (AvgIpc) is 2.68. The highest BCUT2D eigenvalue weighted by molar-refractivity contribution is 7.99. The molecule has 0 fully saturated rings. The van der Waals surface area contributed by atoms with Gasteiger partial charge in [-0.1, -0.05) is 37.3 Å². The molecule has 1 N–H and O–H groups in total. The first-order valence-corrected chi connectivity index (χ1v) is 9.45. The number of hydrogen-bond donors (Lipinski definition) is 1. The first-order chi connectivity index (χ1) is 12.2. The van der Waals surface area contributed by atoms with E-state index in [9.17, 15) is 4.79 Å². The minimum Gasteiger partial charge on any atom is -0.497 e. The Kier molecular flexibility index (Phi) is 7.19. The molecule has 0 aliphatic heterocycles. The molecule has 0 saturated heterocycles. The van der Waals surface area contributed by atoms with Crippen LogP contribution in [-0.4, -0.2) is 31.7 Å². The summed E-state index contributed by atoms with van der Waals surface area (Å²) in [7, 11) is 3.06. The molecule has 0 heterocycles. The molecular weight excluding hydrogens is 334 g/mol. The Balaban J connectivity index is 2.41. The van der Waals surface area contributed by atoms with Crippen LogP contribution in [0.25, 0.3) is 0 Å². The molecule has 25 heavy (non-hydrogen) atoms. The lowest BCUT2D eigenvalue weighted by molar-refractivity contribution is -0.145. The van der Waals surface area contributed by atoms with E-state index in [0.717, 1.165) is 29.2 Å². The molecule has 5 heteroatoms. The van der Waals surface area contributed by atoms with Gasteiger partial charge in [-0.05, 0) is 42.0 Å². The third kappa shape index (κ3) is 4.69. The van der Waals surface area contributed by atoms with Crippen LogP contribution in [0.15, 0.2) is 54.6 Å². The molecule has 0 bridgehead atoms. The number of rotatable bonds is 9. The summed E-state index contributed by atoms with van der Waals surface area (Å²) in [5.74, 6) is 2.05. The van der Waals surface area contributed by atoms with Gasteiger partial charge in [-0.3, -0.25) is 0 Å². The molecule has 4 nitrogen and oxygen atoms in total. The minimum absolute atomic E-state index is 0.293. The van der Waals surface area contributed by atoms with Gasteiger partial charge in [0.1, 0.15) is 5.75 Å². The standard InChI is InChI=1S/C20H25NO3S/c1-4-14-25-15-20(19(22)24-3,16-8-6-5-7-9-16)21-17-10-12-18(23-2)13-11-17/h5-13,21H,4,14-15H2,1-3H3/t20-/m1/s1. The van der Waals surface area contributed by atoms with Crippen molar-refractivity contribution < 1.29 is 14.3 Å². The fraction of sp³-hybridized carbons (Fsp3) is 0.350. The van der Waals surface area contributed by atoms with Gasteiger partial charge in [0, 0.05) is 11.4 Å². The number of nitrogens with one attached hydrogen (secondary N) is 1. The Hall–Kier alpha value is -2.14. The van der Waals surface area contributed by atoms with Gasteiger partial charge in [0.05, 0.1) is 14.2 Å². The fourth-order valence-corrected chi connectivity index (χ4v) is 3.70. The van der Waals surface area contributed by atoms with Crippen molar-refractivity contribution in [3.8, 4) is 5.75 Å². The molecule has 0 amide bonds. The van der Waals surface area contributed by atoms with Crippen molar-refractivity contribution >= 4 is 23.4 Å². The van der Waals surface area contributed by atoms with Gasteiger partial charge in [0.15, 0.2) is 5.54 Å². The topological polar surface area (TPSA) is 47.6 Å². The third-order valence-electron chi connectivity index (χ3n) is 3.92. The van der Waals surface area contributed by atoms with Crippen molar-refractivity contribution in [1.29, 1.82) is 0 Å². The first-order valence-electron chi connectivity index (χ1n) is 8.30. The van der Waals surface area contributed by atoms with E-state index < -0.39 is 5.54 Å². The van der Waals surface area contributed by atoms with E-state index in [1.54, 1.807) is 18.9 Å². The van der Waals surface area contributed by atoms with E-state index in [0.29, 0.717) is 5.75 Å². The lowest BCUT2D eigenvalue weighted by atomic mass is 9.91. The van der Waals surface area contributed by atoms with Gasteiger partial charge in [0.2, 0.25) is 0 Å². The molecular formula is C20H25NO3S. The summed E-state index contributed by atoms with van der Waals surface area (Å²) in [6.45, 7) is 2.13. The van der Waals surface area contributed by atoms with Gasteiger partial charge in [-0.15, -0.1) is 0 Å². The van der Waals surface area contributed by atoms with Crippen molar-refractivity contribution in [1.82, 2.24) is 0 Å². The number of anilines is 1. The normalized spacial score (nSPS) is 12.9. The van der Waals surface area contributed by atoms with Gasteiger partial charge < -0.3 is 14.8 Å². The molecule has 134 valence electrons. The van der Waals surface area contributed by atoms with Crippen LogP contribution in [0.5, 0.6) is 5.75 Å². The number of thioether (sulfide) groups is 1. The van der Waals surface area contributed by atoms with Crippen molar-refractivity contribution in [2.75, 3.05) is 31.0 Å². The largest absolute Gasteiger partial charge is 0.497 e. The number of esters is 1. The summed E-state index contributed by atoms with van der Waals surface area (Å²) in [4.78, 5) is 12.8. The van der Waals surface area contributed by atoms with Gasteiger partial charge >= 0.3 is 5.97 Å². The molecule has 2 aromatic carbocycles. The van der Waals surface area contributed by atoms with Crippen molar-refractivity contribution in [2.24, 2.45) is 0 Å². The van der Waals surface area contributed by atoms with Crippen LogP contribution in [0, 0.1) is 0 Å². The number of benzene rings is 2. The number of ether oxygens (including phenoxy) is 2. The van der Waals surface area contributed by atoms with E-state index in [1.807, 2.05) is 54.6 Å². The monoisotopic (exact) mass is 359 g/mol. The Bertz CT molecular complexity index is 660. The van der Waals surface area contributed by atoms with E-state index in [1.165, 1.54) is 7.11 Å². The lowest BCUT2D eigenvalue weighted by Gasteiger charge is -2.33. The minimum atomic E-state index is -0.940. The van der Waals surface area contributed by atoms with Crippen molar-refractivity contribution in [2.45, 2.75) is 18.9 Å². The molecule has 0 aliphatic carbocycles. The maximum absolute atomic E-state index is 12.8. The summed E-state index contributed by atoms with van der Waals surface area (Å²) in [5, 5.41) is 3.42. The maximum atomic E-state index is 12.8. The predicted molar refractivity (Wildman–Crippen MR) is 104 cm³/mol. The Morgan fingerprint density at radius 1 is 1.08 bits per heavy atom. The van der Waals surface area contributed by atoms with Crippen molar-refractivity contribution in [3.63, 3.8) is 0 Å². The Labute approximate surface area is 153 Å². The summed E-state index contributed by atoms with van der Waals surface area (Å²) < 4.78 is 10.4. The van der Waals surface area contributed by atoms with Crippen LogP contribution in [0.3, 0.4) is 0 Å². The molecule has 0 unspecified atom stereocenters. The highest BCUT2D eigenvalue weighted by atomic mass is 32.2. The van der Waals surface area contributed by atoms with E-state index >= 15 is 0 Å². The second kappa shape index (κ2) is 9.37. The van der Waals surface area contributed by atoms with Crippen LogP contribution in [-0.2, 0) is 15.1 Å². The van der Waals surface area contributed by atoms with Crippen LogP contribution in [0.2, 0.25) is 0 Å². The van der Waals surface area contributed by atoms with Gasteiger partial charge in [0.25, 0.3) is 0 Å². The zero-order valence-corrected chi connectivity index (χ0v) is 15.8. The molecule has 0 radical (unpaired) electrons. The van der Waals surface area contributed by atoms with Gasteiger partial charge in [-0.2, -0.15) is 11.8 Å². The van der Waals surface area contributed by atoms with E-state index in [4.69, 9.17) is 9.47 Å². The van der Waals surface area contributed by atoms with Crippen LogP contribution < -0.4 is 10.1 Å². The summed E-state index contributed by atoms with van der Waals surface area (Å²) in [5.41, 5.74) is 0.790. The fourth-order valence-electron chi connectivity index (χ4n) is 2.61. The number of carbonyl (C=O) groups excluding carboxylic acids is 1. The summed E-state index contributed by atoms with van der Waals surface area (Å²) in [6, 6.07) is 17.3. The van der Waals surface area contributed by atoms with Crippen LogP contribution in [0.1, 0.15) is 18.9 Å². The highest BCUT2D eigenvalue weighted by Gasteiger charge is 2.41. The lowest BCUT2D eigenvalue weighted by Crippen LogP contribution is -2.46. The van der Waals surface area contributed by atoms with E-state index in [2.05, 4.69) is 12.2 Å². The SMILES string of the molecule is CCCSC[C@](Nc1ccc(OC)cc1)(C(=O)OC)c1ccccc1. The second-order valence-electron chi connectivity index (χ2n) is 5.67. The molecule has 2 rings (SSSR count). The Morgan fingerprint density at radius 2 is 1.76 bits per heavy atom. The van der Waals surface area contributed by atoms with Crippen LogP contribution in [0.4, 0.5) is 5.69 Å².